The summed E-state index contributed by atoms with van der Waals surface area (Å²) in [7, 11) is 0. The lowest BCUT2D eigenvalue weighted by molar-refractivity contribution is -0.127. The minimum Gasteiger partial charge on any atom is -0.336 e. The summed E-state index contributed by atoms with van der Waals surface area (Å²) in [4.78, 5) is 25.7. The molecule has 2 aliphatic rings. The Morgan fingerprint density at radius 2 is 1.93 bits per heavy atom. The molecule has 0 aromatic heterocycles. The number of carbonyl (C=O) groups is 2. The Morgan fingerprint density at radius 3 is 2.64 bits per heavy atom. The number of alkyl halides is 3. The Labute approximate surface area is 159 Å². The maximum Gasteiger partial charge on any atom is 0.393 e. The molecule has 0 aliphatic carbocycles. The number of benzene rings is 2. The highest BCUT2D eigenvalue weighted by molar-refractivity contribution is 5.98. The molecule has 2 aromatic carbocycles. The maximum absolute atomic E-state index is 12.7. The first-order valence-corrected chi connectivity index (χ1v) is 8.95. The molecule has 2 N–H and O–H groups in total. The lowest BCUT2D eigenvalue weighted by Crippen LogP contribution is -2.28. The Bertz CT molecular complexity index is 943. The second-order valence-electron chi connectivity index (χ2n) is 7.00. The van der Waals surface area contributed by atoms with Crippen LogP contribution in [0, 0.1) is 0 Å². The van der Waals surface area contributed by atoms with Crippen molar-refractivity contribution in [3.8, 4) is 0 Å². The number of urea groups is 1. The number of hydrogen-bond acceptors (Lipinski definition) is 2. The normalized spacial score (nSPS) is 19.2. The van der Waals surface area contributed by atoms with Crippen LogP contribution in [0.4, 0.5) is 29.3 Å². The fourth-order valence-corrected chi connectivity index (χ4v) is 3.79. The molecule has 28 heavy (non-hydrogen) atoms. The van der Waals surface area contributed by atoms with Gasteiger partial charge in [0.1, 0.15) is 0 Å². The van der Waals surface area contributed by atoms with E-state index in [-0.39, 0.29) is 29.8 Å². The van der Waals surface area contributed by atoms with Crippen molar-refractivity contribution in [1.82, 2.24) is 5.32 Å². The van der Waals surface area contributed by atoms with E-state index in [0.29, 0.717) is 30.0 Å². The topological polar surface area (TPSA) is 61.4 Å². The molecule has 5 nitrogen and oxygen atoms in total. The third-order valence-electron chi connectivity index (χ3n) is 5.00. The summed E-state index contributed by atoms with van der Waals surface area (Å²) in [5, 5.41) is 5.54. The molecule has 0 bridgehead atoms. The SMILES string of the molecule is O=C1CC(c2cccc(CC(F)(F)F)c2)c2ccc(N3CCNC3=O)cc2N1. The quantitative estimate of drug-likeness (QED) is 0.839. The van der Waals surface area contributed by atoms with Gasteiger partial charge >= 0.3 is 12.2 Å². The van der Waals surface area contributed by atoms with Gasteiger partial charge in [-0.2, -0.15) is 13.2 Å². The number of amides is 3. The maximum atomic E-state index is 12.7. The first kappa shape index (κ1) is 18.3. The summed E-state index contributed by atoms with van der Waals surface area (Å²) in [6, 6.07) is 11.5. The average Bonchev–Trinajstić information content (AvgIpc) is 3.05. The van der Waals surface area contributed by atoms with Crippen LogP contribution in [0.1, 0.15) is 29.0 Å². The minimum absolute atomic E-state index is 0.159. The number of anilines is 2. The summed E-state index contributed by atoms with van der Waals surface area (Å²) < 4.78 is 38.2. The molecule has 0 saturated carbocycles. The van der Waals surface area contributed by atoms with Crippen molar-refractivity contribution in [3.05, 3.63) is 59.2 Å². The number of hydrogen-bond donors (Lipinski definition) is 2. The molecule has 2 aliphatic heterocycles. The number of nitrogens with one attached hydrogen (secondary N) is 2. The predicted molar refractivity (Wildman–Crippen MR) is 98.5 cm³/mol. The summed E-state index contributed by atoms with van der Waals surface area (Å²) in [6.07, 6.45) is -5.13. The lowest BCUT2D eigenvalue weighted by Gasteiger charge is -2.28. The number of fused-ring (bicyclic) bond motifs is 1. The van der Waals surface area contributed by atoms with Crippen molar-refractivity contribution in [2.24, 2.45) is 0 Å². The highest BCUT2D eigenvalue weighted by Gasteiger charge is 2.31. The standard InChI is InChI=1S/C20H18F3N3O2/c21-20(22,23)11-12-2-1-3-13(8-12)16-10-18(27)25-17-9-14(4-5-15(16)17)26-7-6-24-19(26)28/h1-5,8-9,16H,6-7,10-11H2,(H,24,28)(H,25,27). The van der Waals surface area contributed by atoms with Crippen LogP contribution in [-0.2, 0) is 11.2 Å². The van der Waals surface area contributed by atoms with Crippen molar-refractivity contribution in [3.63, 3.8) is 0 Å². The van der Waals surface area contributed by atoms with Gasteiger partial charge in [0.15, 0.2) is 0 Å². The van der Waals surface area contributed by atoms with Crippen molar-refractivity contribution in [1.29, 1.82) is 0 Å². The Balaban J connectivity index is 1.68. The van der Waals surface area contributed by atoms with E-state index in [2.05, 4.69) is 10.6 Å². The van der Waals surface area contributed by atoms with Gasteiger partial charge in [-0.25, -0.2) is 4.79 Å². The Morgan fingerprint density at radius 1 is 1.11 bits per heavy atom. The molecule has 2 heterocycles. The number of halogens is 3. The monoisotopic (exact) mass is 389 g/mol. The van der Waals surface area contributed by atoms with E-state index in [0.717, 1.165) is 5.56 Å². The summed E-state index contributed by atoms with van der Waals surface area (Å²) >= 11 is 0. The van der Waals surface area contributed by atoms with Crippen molar-refractivity contribution < 1.29 is 22.8 Å². The highest BCUT2D eigenvalue weighted by atomic mass is 19.4. The molecular weight excluding hydrogens is 371 g/mol. The lowest BCUT2D eigenvalue weighted by atomic mass is 9.84. The van der Waals surface area contributed by atoms with Crippen LogP contribution in [0.5, 0.6) is 0 Å². The third-order valence-corrected chi connectivity index (χ3v) is 5.00. The number of nitrogens with zero attached hydrogens (tertiary/aromatic N) is 1. The van der Waals surface area contributed by atoms with Gasteiger partial charge in [-0.15, -0.1) is 0 Å². The molecular formula is C20H18F3N3O2. The third kappa shape index (κ3) is 3.67. The van der Waals surface area contributed by atoms with Crippen molar-refractivity contribution in [2.75, 3.05) is 23.3 Å². The summed E-state index contributed by atoms with van der Waals surface area (Å²) in [5.74, 6) is -0.542. The average molecular weight is 389 g/mol. The van der Waals surface area contributed by atoms with Gasteiger partial charge in [-0.05, 0) is 28.8 Å². The smallest absolute Gasteiger partial charge is 0.336 e. The molecule has 0 radical (unpaired) electrons. The van der Waals surface area contributed by atoms with E-state index in [1.165, 1.54) is 12.1 Å². The van der Waals surface area contributed by atoms with E-state index in [1.807, 2.05) is 6.07 Å². The van der Waals surface area contributed by atoms with Crippen LogP contribution in [0.3, 0.4) is 0 Å². The molecule has 1 atom stereocenters. The number of rotatable bonds is 3. The molecule has 8 heteroatoms. The predicted octanol–water partition coefficient (Wildman–Crippen LogP) is 3.80. The zero-order chi connectivity index (χ0) is 19.9. The molecule has 0 spiro atoms. The van der Waals surface area contributed by atoms with Gasteiger partial charge < -0.3 is 10.6 Å². The van der Waals surface area contributed by atoms with E-state index < -0.39 is 12.6 Å². The Kier molecular flexibility index (Phi) is 4.49. The number of carbonyl (C=O) groups excluding carboxylic acids is 2. The van der Waals surface area contributed by atoms with Gasteiger partial charge in [0.2, 0.25) is 5.91 Å². The van der Waals surface area contributed by atoms with Crippen LogP contribution in [0.2, 0.25) is 0 Å². The van der Waals surface area contributed by atoms with Gasteiger partial charge in [-0.3, -0.25) is 9.69 Å². The largest absolute Gasteiger partial charge is 0.393 e. The summed E-state index contributed by atoms with van der Waals surface area (Å²) in [6.45, 7) is 1.09. The molecule has 4 rings (SSSR count). The van der Waals surface area contributed by atoms with Crippen LogP contribution >= 0.6 is 0 Å². The van der Waals surface area contributed by atoms with E-state index >= 15 is 0 Å². The fourth-order valence-electron chi connectivity index (χ4n) is 3.79. The zero-order valence-electron chi connectivity index (χ0n) is 14.8. The van der Waals surface area contributed by atoms with E-state index in [1.54, 1.807) is 29.2 Å². The Hall–Kier alpha value is -3.03. The van der Waals surface area contributed by atoms with Gasteiger partial charge in [0.05, 0.1) is 6.42 Å². The molecule has 2 aromatic rings. The van der Waals surface area contributed by atoms with Gasteiger partial charge in [0, 0.05) is 36.8 Å². The van der Waals surface area contributed by atoms with Crippen LogP contribution in [0.15, 0.2) is 42.5 Å². The van der Waals surface area contributed by atoms with Crippen LogP contribution in [-0.4, -0.2) is 31.2 Å². The van der Waals surface area contributed by atoms with E-state index in [9.17, 15) is 22.8 Å². The molecule has 1 saturated heterocycles. The van der Waals surface area contributed by atoms with Crippen LogP contribution in [0.25, 0.3) is 0 Å². The molecule has 146 valence electrons. The zero-order valence-corrected chi connectivity index (χ0v) is 14.8. The highest BCUT2D eigenvalue weighted by Crippen LogP contribution is 2.39. The summed E-state index contributed by atoms with van der Waals surface area (Å²) in [5.41, 5.74) is 2.92. The minimum atomic E-state index is -4.29. The molecule has 3 amide bonds. The van der Waals surface area contributed by atoms with E-state index in [4.69, 9.17) is 0 Å². The fraction of sp³-hybridized carbons (Fsp3) is 0.300. The molecule has 1 fully saturated rings. The second-order valence-corrected chi connectivity index (χ2v) is 7.00. The second kappa shape index (κ2) is 6.85. The first-order chi connectivity index (χ1) is 13.3. The van der Waals surface area contributed by atoms with Gasteiger partial charge in [-0.1, -0.05) is 30.3 Å². The van der Waals surface area contributed by atoms with Crippen LogP contribution < -0.4 is 15.5 Å². The molecule has 1 unspecified atom stereocenters. The van der Waals surface area contributed by atoms with Crippen molar-refractivity contribution in [2.45, 2.75) is 24.9 Å². The van der Waals surface area contributed by atoms with Crippen molar-refractivity contribution >= 4 is 23.3 Å². The first-order valence-electron chi connectivity index (χ1n) is 8.95. The van der Waals surface area contributed by atoms with Gasteiger partial charge in [0.25, 0.3) is 0 Å².